The Bertz CT molecular complexity index is 433. The first-order valence-corrected chi connectivity index (χ1v) is 9.10. The van der Waals surface area contributed by atoms with Crippen molar-refractivity contribution in [1.29, 1.82) is 0 Å². The van der Waals surface area contributed by atoms with Gasteiger partial charge in [-0.05, 0) is 17.7 Å². The third-order valence-corrected chi connectivity index (χ3v) is 5.17. The van der Waals surface area contributed by atoms with E-state index in [4.69, 9.17) is 0 Å². The van der Waals surface area contributed by atoms with Gasteiger partial charge in [-0.2, -0.15) is 13.2 Å². The molecular weight excluding hydrogens is 283 g/mol. The van der Waals surface area contributed by atoms with Gasteiger partial charge in [-0.1, -0.05) is 31.8 Å². The zero-order valence-electron chi connectivity index (χ0n) is 10.7. The smallest absolute Gasteiger partial charge is 0.383 e. The summed E-state index contributed by atoms with van der Waals surface area (Å²) in [5, 5.41) is 9.68. The molecule has 108 valence electrons. The van der Waals surface area contributed by atoms with Gasteiger partial charge >= 0.3 is 6.18 Å². The fraction of sp³-hybridized carbons (Fsp3) is 0.500. The molecule has 1 aromatic carbocycles. The minimum absolute atomic E-state index is 0.208. The molecular formula is C12H15F5OSi. The van der Waals surface area contributed by atoms with Gasteiger partial charge in [0.1, 0.15) is 14.2 Å². The summed E-state index contributed by atoms with van der Waals surface area (Å²) in [4.78, 5) is 0. The lowest BCUT2D eigenvalue weighted by Gasteiger charge is -2.33. The lowest BCUT2D eigenvalue weighted by Crippen LogP contribution is -2.49. The molecule has 0 saturated carbocycles. The van der Waals surface area contributed by atoms with Crippen molar-refractivity contribution in [3.05, 3.63) is 35.4 Å². The van der Waals surface area contributed by atoms with Gasteiger partial charge in [-0.3, -0.25) is 0 Å². The van der Waals surface area contributed by atoms with Crippen molar-refractivity contribution in [2.45, 2.75) is 37.5 Å². The lowest BCUT2D eigenvalue weighted by atomic mass is 10.1. The summed E-state index contributed by atoms with van der Waals surface area (Å²) in [6.07, 6.45) is -6.61. The highest BCUT2D eigenvalue weighted by atomic mass is 28.3. The second-order valence-electron chi connectivity index (χ2n) is 5.40. The molecule has 0 radical (unpaired) electrons. The maximum absolute atomic E-state index is 13.9. The van der Waals surface area contributed by atoms with Crippen molar-refractivity contribution >= 4 is 8.07 Å². The van der Waals surface area contributed by atoms with Crippen LogP contribution in [0.25, 0.3) is 0 Å². The average Bonchev–Trinajstić information content (AvgIpc) is 2.25. The Hall–Kier alpha value is -0.953. The van der Waals surface area contributed by atoms with Crippen LogP contribution >= 0.6 is 0 Å². The van der Waals surface area contributed by atoms with Crippen LogP contribution in [0.3, 0.4) is 0 Å². The number of alkyl halides is 5. The van der Waals surface area contributed by atoms with Crippen molar-refractivity contribution in [3.63, 3.8) is 0 Å². The van der Waals surface area contributed by atoms with Crippen LogP contribution in [0.2, 0.25) is 19.6 Å². The van der Waals surface area contributed by atoms with E-state index in [-0.39, 0.29) is 5.56 Å². The molecule has 0 aliphatic rings. The maximum Gasteiger partial charge on any atom is 0.416 e. The molecule has 0 saturated heterocycles. The van der Waals surface area contributed by atoms with Gasteiger partial charge in [0.2, 0.25) is 0 Å². The molecule has 0 aliphatic heterocycles. The Morgan fingerprint density at radius 1 is 0.947 bits per heavy atom. The second-order valence-corrected chi connectivity index (χ2v) is 10.6. The predicted molar refractivity (Wildman–Crippen MR) is 64.7 cm³/mol. The van der Waals surface area contributed by atoms with Gasteiger partial charge in [-0.25, -0.2) is 8.78 Å². The molecule has 0 bridgehead atoms. The monoisotopic (exact) mass is 298 g/mol. The molecule has 0 amide bonds. The molecule has 7 heteroatoms. The third kappa shape index (κ3) is 3.33. The first-order chi connectivity index (χ1) is 8.37. The molecule has 1 rings (SSSR count). The Balaban J connectivity index is 3.06. The Morgan fingerprint density at radius 3 is 1.68 bits per heavy atom. The number of benzene rings is 1. The minimum Gasteiger partial charge on any atom is -0.383 e. The van der Waals surface area contributed by atoms with E-state index in [0.29, 0.717) is 12.1 Å². The van der Waals surface area contributed by atoms with Gasteiger partial charge in [0.15, 0.2) is 0 Å². The van der Waals surface area contributed by atoms with Crippen molar-refractivity contribution in [1.82, 2.24) is 0 Å². The van der Waals surface area contributed by atoms with Gasteiger partial charge in [0.05, 0.1) is 5.56 Å². The Morgan fingerprint density at radius 2 is 1.37 bits per heavy atom. The fourth-order valence-electron chi connectivity index (χ4n) is 1.47. The lowest BCUT2D eigenvalue weighted by molar-refractivity contribution is -0.137. The third-order valence-electron chi connectivity index (χ3n) is 2.90. The largest absolute Gasteiger partial charge is 0.416 e. The molecule has 1 nitrogen and oxygen atoms in total. The SMILES string of the molecule is C[Si](C)(C)C(F)(F)C(O)c1ccc(C(F)(F)F)cc1. The molecule has 19 heavy (non-hydrogen) atoms. The molecule has 1 N–H and O–H groups in total. The van der Waals surface area contributed by atoms with Crippen molar-refractivity contribution in [3.8, 4) is 0 Å². The number of rotatable bonds is 3. The van der Waals surface area contributed by atoms with Crippen molar-refractivity contribution in [2.24, 2.45) is 0 Å². The molecule has 1 aromatic rings. The number of halogens is 5. The summed E-state index contributed by atoms with van der Waals surface area (Å²) in [6.45, 7) is 4.17. The minimum atomic E-state index is -4.52. The van der Waals surface area contributed by atoms with Crippen LogP contribution in [0.5, 0.6) is 0 Å². The van der Waals surface area contributed by atoms with Gasteiger partial charge < -0.3 is 5.11 Å². The van der Waals surface area contributed by atoms with E-state index in [1.807, 2.05) is 0 Å². The van der Waals surface area contributed by atoms with Crippen LogP contribution in [0.1, 0.15) is 17.2 Å². The molecule has 0 aliphatic carbocycles. The fourth-order valence-corrected chi connectivity index (χ4v) is 2.46. The molecule has 0 heterocycles. The summed E-state index contributed by atoms with van der Waals surface area (Å²) in [5.74, 6) is 0. The highest BCUT2D eigenvalue weighted by Gasteiger charge is 2.51. The van der Waals surface area contributed by atoms with Crippen LogP contribution < -0.4 is 0 Å². The van der Waals surface area contributed by atoms with Crippen LogP contribution in [0, 0.1) is 0 Å². The number of aliphatic hydroxyl groups excluding tert-OH is 1. The van der Waals surface area contributed by atoms with E-state index in [9.17, 15) is 27.1 Å². The normalized spacial score (nSPS) is 15.4. The van der Waals surface area contributed by atoms with Crippen LogP contribution in [0.15, 0.2) is 24.3 Å². The van der Waals surface area contributed by atoms with Gasteiger partial charge in [0.25, 0.3) is 5.55 Å². The Kier molecular flexibility index (Phi) is 4.12. The van der Waals surface area contributed by atoms with E-state index in [1.54, 1.807) is 0 Å². The second kappa shape index (κ2) is 4.86. The molecule has 1 atom stereocenters. The Labute approximate surface area is 109 Å². The molecule has 0 fully saturated rings. The zero-order valence-corrected chi connectivity index (χ0v) is 11.7. The molecule has 0 aromatic heterocycles. The van der Waals surface area contributed by atoms with Crippen molar-refractivity contribution < 1.29 is 27.1 Å². The van der Waals surface area contributed by atoms with Crippen LogP contribution in [0.4, 0.5) is 22.0 Å². The number of hydrogen-bond acceptors (Lipinski definition) is 1. The predicted octanol–water partition coefficient (Wildman–Crippen LogP) is 4.25. The van der Waals surface area contributed by atoms with E-state index < -0.39 is 31.5 Å². The summed E-state index contributed by atoms with van der Waals surface area (Å²) in [6, 6.07) is 3.17. The molecule has 0 spiro atoms. The topological polar surface area (TPSA) is 20.2 Å². The standard InChI is InChI=1S/C12H15F5OSi/c1-19(2,3)12(16,17)10(18)8-4-6-9(7-5-8)11(13,14)15/h4-7,10,18H,1-3H3. The first-order valence-electron chi connectivity index (χ1n) is 5.60. The van der Waals surface area contributed by atoms with Crippen LogP contribution in [-0.2, 0) is 6.18 Å². The van der Waals surface area contributed by atoms with Gasteiger partial charge in [-0.15, -0.1) is 0 Å². The van der Waals surface area contributed by atoms with Crippen LogP contribution in [-0.4, -0.2) is 18.7 Å². The zero-order chi connectivity index (χ0) is 15.1. The van der Waals surface area contributed by atoms with E-state index in [0.717, 1.165) is 12.1 Å². The quantitative estimate of drug-likeness (QED) is 0.653. The van der Waals surface area contributed by atoms with Crippen molar-refractivity contribution in [2.75, 3.05) is 0 Å². The number of hydrogen-bond donors (Lipinski definition) is 1. The first kappa shape index (κ1) is 16.1. The summed E-state index contributed by atoms with van der Waals surface area (Å²) in [5.41, 5.74) is -4.45. The van der Waals surface area contributed by atoms with Gasteiger partial charge in [0, 0.05) is 0 Å². The summed E-state index contributed by atoms with van der Waals surface area (Å²) < 4.78 is 64.9. The number of aliphatic hydroxyl groups is 1. The summed E-state index contributed by atoms with van der Waals surface area (Å²) in [7, 11) is -2.99. The highest BCUT2D eigenvalue weighted by molar-refractivity contribution is 6.78. The molecule has 1 unspecified atom stereocenters. The van der Waals surface area contributed by atoms with E-state index in [1.165, 1.54) is 19.6 Å². The summed E-state index contributed by atoms with van der Waals surface area (Å²) >= 11 is 0. The highest BCUT2D eigenvalue weighted by Crippen LogP contribution is 2.39. The average molecular weight is 298 g/mol. The van der Waals surface area contributed by atoms with E-state index in [2.05, 4.69) is 0 Å². The maximum atomic E-state index is 13.9. The van der Waals surface area contributed by atoms with E-state index >= 15 is 0 Å².